The Morgan fingerprint density at radius 3 is 2.20 bits per heavy atom. The molecule has 15 heavy (non-hydrogen) atoms. The molecular weight excluding hydrogens is 208 g/mol. The molecule has 0 radical (unpaired) electrons. The number of ketones is 1. The summed E-state index contributed by atoms with van der Waals surface area (Å²) < 4.78 is 10.9. The monoisotopic (exact) mass is 224 g/mol. The molecule has 0 spiro atoms. The SMILES string of the molecule is CC(C)c1ccc(C(=O)CS(C)=O)cc1. The first-order valence-electron chi connectivity index (χ1n) is 4.94. The van der Waals surface area contributed by atoms with E-state index in [-0.39, 0.29) is 11.5 Å². The van der Waals surface area contributed by atoms with E-state index in [2.05, 4.69) is 13.8 Å². The van der Waals surface area contributed by atoms with Gasteiger partial charge in [0.2, 0.25) is 0 Å². The van der Waals surface area contributed by atoms with E-state index >= 15 is 0 Å². The van der Waals surface area contributed by atoms with Gasteiger partial charge in [-0.25, -0.2) is 0 Å². The van der Waals surface area contributed by atoms with E-state index in [9.17, 15) is 9.00 Å². The molecule has 0 aliphatic carbocycles. The van der Waals surface area contributed by atoms with Crippen LogP contribution in [0.25, 0.3) is 0 Å². The lowest BCUT2D eigenvalue weighted by atomic mass is 10.0. The molecule has 0 bridgehead atoms. The van der Waals surface area contributed by atoms with E-state index in [1.165, 1.54) is 5.56 Å². The van der Waals surface area contributed by atoms with Crippen molar-refractivity contribution in [3.05, 3.63) is 35.4 Å². The molecule has 1 aromatic carbocycles. The first kappa shape index (κ1) is 12.1. The number of carbonyl (C=O) groups excluding carboxylic acids is 1. The summed E-state index contributed by atoms with van der Waals surface area (Å²) in [5.41, 5.74) is 1.86. The largest absolute Gasteiger partial charge is 0.293 e. The van der Waals surface area contributed by atoms with Crippen molar-refractivity contribution < 1.29 is 9.00 Å². The molecule has 0 heterocycles. The van der Waals surface area contributed by atoms with Crippen LogP contribution in [0.3, 0.4) is 0 Å². The maximum absolute atomic E-state index is 11.5. The van der Waals surface area contributed by atoms with Crippen molar-refractivity contribution in [1.82, 2.24) is 0 Å². The predicted molar refractivity (Wildman–Crippen MR) is 63.8 cm³/mol. The summed E-state index contributed by atoms with van der Waals surface area (Å²) >= 11 is 0. The van der Waals surface area contributed by atoms with Gasteiger partial charge in [0.15, 0.2) is 5.78 Å². The highest BCUT2D eigenvalue weighted by molar-refractivity contribution is 7.85. The van der Waals surface area contributed by atoms with Crippen molar-refractivity contribution in [2.75, 3.05) is 12.0 Å². The Hall–Kier alpha value is -0.960. The summed E-state index contributed by atoms with van der Waals surface area (Å²) in [5, 5.41) is 0. The molecular formula is C12H16O2S. The van der Waals surface area contributed by atoms with Crippen LogP contribution in [0.15, 0.2) is 24.3 Å². The van der Waals surface area contributed by atoms with Crippen LogP contribution in [0.1, 0.15) is 35.7 Å². The Labute approximate surface area is 93.2 Å². The zero-order valence-corrected chi connectivity index (χ0v) is 10.1. The molecule has 3 heteroatoms. The number of carbonyl (C=O) groups is 1. The van der Waals surface area contributed by atoms with E-state index in [0.29, 0.717) is 11.5 Å². The van der Waals surface area contributed by atoms with E-state index < -0.39 is 10.8 Å². The molecule has 0 saturated heterocycles. The average Bonchev–Trinajstić information content (AvgIpc) is 2.17. The number of benzene rings is 1. The second-order valence-electron chi connectivity index (χ2n) is 3.92. The Morgan fingerprint density at radius 2 is 1.80 bits per heavy atom. The second kappa shape index (κ2) is 5.21. The van der Waals surface area contributed by atoms with Crippen molar-refractivity contribution in [3.63, 3.8) is 0 Å². The van der Waals surface area contributed by atoms with Crippen molar-refractivity contribution in [2.45, 2.75) is 19.8 Å². The highest BCUT2D eigenvalue weighted by Gasteiger charge is 2.08. The third-order valence-electron chi connectivity index (χ3n) is 2.23. The summed E-state index contributed by atoms with van der Waals surface area (Å²) in [6.07, 6.45) is 1.54. The van der Waals surface area contributed by atoms with Gasteiger partial charge in [-0.05, 0) is 11.5 Å². The minimum atomic E-state index is -1.06. The first-order chi connectivity index (χ1) is 7.00. The van der Waals surface area contributed by atoms with Gasteiger partial charge in [-0.1, -0.05) is 38.1 Å². The van der Waals surface area contributed by atoms with Crippen LogP contribution in [0.5, 0.6) is 0 Å². The fraction of sp³-hybridized carbons (Fsp3) is 0.417. The van der Waals surface area contributed by atoms with E-state index in [0.717, 1.165) is 0 Å². The lowest BCUT2D eigenvalue weighted by Gasteiger charge is -2.05. The van der Waals surface area contributed by atoms with Crippen LogP contribution in [0, 0.1) is 0 Å². The van der Waals surface area contributed by atoms with Gasteiger partial charge in [-0.3, -0.25) is 9.00 Å². The van der Waals surface area contributed by atoms with Gasteiger partial charge in [-0.2, -0.15) is 0 Å². The van der Waals surface area contributed by atoms with E-state index in [1.54, 1.807) is 6.26 Å². The van der Waals surface area contributed by atoms with Crippen LogP contribution in [-0.2, 0) is 10.8 Å². The van der Waals surface area contributed by atoms with Crippen LogP contribution < -0.4 is 0 Å². The molecule has 1 atom stereocenters. The minimum absolute atomic E-state index is 0.0499. The standard InChI is InChI=1S/C12H16O2S/c1-9(2)10-4-6-11(7-5-10)12(13)8-15(3)14/h4-7,9H,8H2,1-3H3. The van der Waals surface area contributed by atoms with Crippen molar-refractivity contribution >= 4 is 16.6 Å². The van der Waals surface area contributed by atoms with Crippen LogP contribution in [0.2, 0.25) is 0 Å². The van der Waals surface area contributed by atoms with Gasteiger partial charge in [0.05, 0.1) is 5.75 Å². The van der Waals surface area contributed by atoms with Gasteiger partial charge in [0.1, 0.15) is 0 Å². The van der Waals surface area contributed by atoms with Crippen molar-refractivity contribution in [1.29, 1.82) is 0 Å². The molecule has 0 amide bonds. The Kier molecular flexibility index (Phi) is 4.21. The van der Waals surface area contributed by atoms with Gasteiger partial charge >= 0.3 is 0 Å². The zero-order chi connectivity index (χ0) is 11.4. The molecule has 0 fully saturated rings. The number of Topliss-reactive ketones (excluding diaryl/α,β-unsaturated/α-hetero) is 1. The van der Waals surface area contributed by atoms with Crippen molar-refractivity contribution in [2.24, 2.45) is 0 Å². The molecule has 82 valence electrons. The highest BCUT2D eigenvalue weighted by atomic mass is 32.2. The topological polar surface area (TPSA) is 34.1 Å². The van der Waals surface area contributed by atoms with Gasteiger partial charge in [0, 0.05) is 22.6 Å². The molecule has 0 aromatic heterocycles. The quantitative estimate of drug-likeness (QED) is 0.736. The summed E-state index contributed by atoms with van der Waals surface area (Å²) in [5.74, 6) is 0.529. The molecule has 1 aromatic rings. The highest BCUT2D eigenvalue weighted by Crippen LogP contribution is 2.14. The normalized spacial score (nSPS) is 12.8. The average molecular weight is 224 g/mol. The molecule has 0 aliphatic heterocycles. The summed E-state index contributed by atoms with van der Waals surface area (Å²) in [6.45, 7) is 4.22. The maximum Gasteiger partial charge on any atom is 0.175 e. The van der Waals surface area contributed by atoms with E-state index in [4.69, 9.17) is 0 Å². The number of hydrogen-bond donors (Lipinski definition) is 0. The first-order valence-corrected chi connectivity index (χ1v) is 6.66. The zero-order valence-electron chi connectivity index (χ0n) is 9.32. The van der Waals surface area contributed by atoms with Gasteiger partial charge in [-0.15, -0.1) is 0 Å². The van der Waals surface area contributed by atoms with Crippen molar-refractivity contribution in [3.8, 4) is 0 Å². The Morgan fingerprint density at radius 1 is 1.27 bits per heavy atom. The number of hydrogen-bond acceptors (Lipinski definition) is 2. The lowest BCUT2D eigenvalue weighted by molar-refractivity contribution is 0.102. The Balaban J connectivity index is 2.80. The Bertz CT molecular complexity index is 366. The molecule has 2 nitrogen and oxygen atoms in total. The summed E-state index contributed by atoms with van der Waals surface area (Å²) in [6, 6.07) is 7.53. The molecule has 0 N–H and O–H groups in total. The van der Waals surface area contributed by atoms with Crippen LogP contribution in [-0.4, -0.2) is 22.0 Å². The number of rotatable bonds is 4. The maximum atomic E-state index is 11.5. The molecule has 1 unspecified atom stereocenters. The third-order valence-corrected chi connectivity index (χ3v) is 2.90. The van der Waals surface area contributed by atoms with E-state index in [1.807, 2.05) is 24.3 Å². The molecule has 0 saturated carbocycles. The van der Waals surface area contributed by atoms with Crippen LogP contribution in [0.4, 0.5) is 0 Å². The summed E-state index contributed by atoms with van der Waals surface area (Å²) in [4.78, 5) is 11.5. The minimum Gasteiger partial charge on any atom is -0.293 e. The third kappa shape index (κ3) is 3.59. The fourth-order valence-electron chi connectivity index (χ4n) is 1.32. The summed E-state index contributed by atoms with van der Waals surface area (Å²) in [7, 11) is -1.06. The predicted octanol–water partition coefficient (Wildman–Crippen LogP) is 2.37. The second-order valence-corrected chi connectivity index (χ2v) is 5.35. The fourth-order valence-corrected chi connectivity index (χ4v) is 1.86. The lowest BCUT2D eigenvalue weighted by Crippen LogP contribution is -2.09. The van der Waals surface area contributed by atoms with Gasteiger partial charge < -0.3 is 0 Å². The smallest absolute Gasteiger partial charge is 0.175 e. The molecule has 1 rings (SSSR count). The van der Waals surface area contributed by atoms with Crippen LogP contribution >= 0.6 is 0 Å². The molecule has 0 aliphatic rings. The van der Waals surface area contributed by atoms with Gasteiger partial charge in [0.25, 0.3) is 0 Å².